The Labute approximate surface area is 151 Å². The van der Waals surface area contributed by atoms with Gasteiger partial charge in [0.1, 0.15) is 11.3 Å². The minimum atomic E-state index is -0.483. The maximum absolute atomic E-state index is 12.6. The van der Waals surface area contributed by atoms with Gasteiger partial charge >= 0.3 is 11.7 Å². The molecular weight excluding hydrogens is 330 g/mol. The Morgan fingerprint density at radius 3 is 2.46 bits per heavy atom. The Hall–Kier alpha value is -3.08. The molecule has 1 heterocycles. The summed E-state index contributed by atoms with van der Waals surface area (Å²) in [6.45, 7) is 2.02. The smallest absolute Gasteiger partial charge is 0.414 e. The number of nitrogens with zero attached hydrogens (tertiary/aromatic N) is 1. The average Bonchev–Trinajstić information content (AvgIpc) is 2.63. The molecule has 0 radical (unpaired) electrons. The number of carbonyl (C=O) groups is 1. The van der Waals surface area contributed by atoms with Crippen LogP contribution < -0.4 is 10.4 Å². The van der Waals surface area contributed by atoms with Crippen molar-refractivity contribution in [1.82, 2.24) is 4.90 Å². The Morgan fingerprint density at radius 1 is 1.08 bits per heavy atom. The summed E-state index contributed by atoms with van der Waals surface area (Å²) in [6.07, 6.45) is 0.754. The monoisotopic (exact) mass is 351 g/mol. The summed E-state index contributed by atoms with van der Waals surface area (Å²) >= 11 is 0. The van der Waals surface area contributed by atoms with Gasteiger partial charge in [0.25, 0.3) is 0 Å². The van der Waals surface area contributed by atoms with Crippen LogP contribution in [0.25, 0.3) is 11.0 Å². The van der Waals surface area contributed by atoms with E-state index in [2.05, 4.69) is 0 Å². The van der Waals surface area contributed by atoms with E-state index in [1.54, 1.807) is 26.2 Å². The summed E-state index contributed by atoms with van der Waals surface area (Å²) in [6, 6.07) is 15.0. The van der Waals surface area contributed by atoms with Gasteiger partial charge < -0.3 is 14.1 Å². The van der Waals surface area contributed by atoms with Gasteiger partial charge in [0.05, 0.1) is 0 Å². The van der Waals surface area contributed by atoms with Crippen molar-refractivity contribution in [2.75, 3.05) is 14.1 Å². The van der Waals surface area contributed by atoms with Crippen LogP contribution in [-0.4, -0.2) is 25.1 Å². The second kappa shape index (κ2) is 7.44. The Bertz CT molecular complexity index is 990. The fourth-order valence-corrected chi connectivity index (χ4v) is 2.92. The number of rotatable bonds is 4. The minimum Gasteiger partial charge on any atom is -0.422 e. The predicted octanol–water partition coefficient (Wildman–Crippen LogP) is 4.01. The number of ether oxygens (including phenoxy) is 1. The van der Waals surface area contributed by atoms with Crippen molar-refractivity contribution in [3.05, 3.63) is 75.6 Å². The molecule has 0 saturated heterocycles. The SMILES string of the molecule is CCc1c(Cc2ccccc2)c(=O)oc2cc(OC(=O)N(C)C)ccc12. The number of fused-ring (bicyclic) bond motifs is 1. The molecule has 3 aromatic rings. The van der Waals surface area contributed by atoms with E-state index in [-0.39, 0.29) is 5.63 Å². The van der Waals surface area contributed by atoms with Gasteiger partial charge in [-0.25, -0.2) is 9.59 Å². The third-order valence-electron chi connectivity index (χ3n) is 4.24. The first-order valence-electron chi connectivity index (χ1n) is 8.51. The fourth-order valence-electron chi connectivity index (χ4n) is 2.92. The Kier molecular flexibility index (Phi) is 5.07. The van der Waals surface area contributed by atoms with Gasteiger partial charge in [-0.1, -0.05) is 37.3 Å². The van der Waals surface area contributed by atoms with Crippen molar-refractivity contribution in [2.45, 2.75) is 19.8 Å². The first-order chi connectivity index (χ1) is 12.5. The third-order valence-corrected chi connectivity index (χ3v) is 4.24. The molecule has 0 aliphatic heterocycles. The highest BCUT2D eigenvalue weighted by molar-refractivity contribution is 5.83. The summed E-state index contributed by atoms with van der Waals surface area (Å²) in [5.41, 5.74) is 2.77. The number of hydrogen-bond acceptors (Lipinski definition) is 4. The van der Waals surface area contributed by atoms with Crippen LogP contribution in [0.5, 0.6) is 5.75 Å². The standard InChI is InChI=1S/C21H21NO4/c1-4-16-17-11-10-15(25-21(24)22(2)3)13-19(17)26-20(23)18(16)12-14-8-6-5-7-9-14/h5-11,13H,4,12H2,1-3H3. The summed E-state index contributed by atoms with van der Waals surface area (Å²) in [4.78, 5) is 25.6. The van der Waals surface area contributed by atoms with Crippen LogP contribution in [0, 0.1) is 0 Å². The molecule has 0 saturated carbocycles. The van der Waals surface area contributed by atoms with Gasteiger partial charge in [0.2, 0.25) is 0 Å². The molecule has 0 aliphatic carbocycles. The first kappa shape index (κ1) is 17.7. The highest BCUT2D eigenvalue weighted by Crippen LogP contribution is 2.26. The number of aryl methyl sites for hydroxylation is 1. The average molecular weight is 351 g/mol. The zero-order valence-corrected chi connectivity index (χ0v) is 15.1. The first-order valence-corrected chi connectivity index (χ1v) is 8.51. The summed E-state index contributed by atoms with van der Waals surface area (Å²) in [5, 5.41) is 0.864. The number of carbonyl (C=O) groups excluding carboxylic acids is 1. The van der Waals surface area contributed by atoms with E-state index < -0.39 is 6.09 Å². The normalized spacial score (nSPS) is 10.7. The molecule has 3 rings (SSSR count). The van der Waals surface area contributed by atoms with E-state index in [9.17, 15) is 9.59 Å². The molecule has 0 atom stereocenters. The van der Waals surface area contributed by atoms with Gasteiger partial charge in [-0.05, 0) is 29.7 Å². The molecule has 0 aliphatic rings. The Balaban J connectivity index is 2.05. The second-order valence-corrected chi connectivity index (χ2v) is 6.28. The molecule has 2 aromatic carbocycles. The van der Waals surface area contributed by atoms with Crippen molar-refractivity contribution >= 4 is 17.1 Å². The lowest BCUT2D eigenvalue weighted by atomic mass is 9.97. The summed E-state index contributed by atoms with van der Waals surface area (Å²) in [5.74, 6) is 0.345. The topological polar surface area (TPSA) is 59.8 Å². The lowest BCUT2D eigenvalue weighted by molar-refractivity contribution is 0.172. The highest BCUT2D eigenvalue weighted by Gasteiger charge is 2.15. The maximum atomic E-state index is 12.6. The van der Waals surface area contributed by atoms with Crippen LogP contribution in [0.15, 0.2) is 57.7 Å². The van der Waals surface area contributed by atoms with Crippen LogP contribution in [0.2, 0.25) is 0 Å². The molecule has 1 amide bonds. The van der Waals surface area contributed by atoms with Crippen molar-refractivity contribution in [3.63, 3.8) is 0 Å². The van der Waals surface area contributed by atoms with E-state index in [0.717, 1.165) is 16.5 Å². The van der Waals surface area contributed by atoms with E-state index in [1.807, 2.05) is 43.3 Å². The van der Waals surface area contributed by atoms with Crippen LogP contribution in [0.1, 0.15) is 23.6 Å². The second-order valence-electron chi connectivity index (χ2n) is 6.28. The molecule has 5 heteroatoms. The van der Waals surface area contributed by atoms with Gasteiger partial charge in [-0.3, -0.25) is 0 Å². The van der Waals surface area contributed by atoms with Crippen LogP contribution in [0.3, 0.4) is 0 Å². The maximum Gasteiger partial charge on any atom is 0.414 e. The van der Waals surface area contributed by atoms with Crippen molar-refractivity contribution in [1.29, 1.82) is 0 Å². The van der Waals surface area contributed by atoms with Crippen LogP contribution in [-0.2, 0) is 12.8 Å². The molecule has 0 bridgehead atoms. The highest BCUT2D eigenvalue weighted by atomic mass is 16.6. The largest absolute Gasteiger partial charge is 0.422 e. The van der Waals surface area contributed by atoms with Crippen molar-refractivity contribution in [2.24, 2.45) is 0 Å². The van der Waals surface area contributed by atoms with E-state index in [0.29, 0.717) is 29.7 Å². The van der Waals surface area contributed by atoms with Gasteiger partial charge in [-0.15, -0.1) is 0 Å². The molecule has 26 heavy (non-hydrogen) atoms. The zero-order valence-electron chi connectivity index (χ0n) is 15.1. The van der Waals surface area contributed by atoms with Crippen LogP contribution >= 0.6 is 0 Å². The quantitative estimate of drug-likeness (QED) is 0.667. The molecule has 0 fully saturated rings. The minimum absolute atomic E-state index is 0.345. The molecular formula is C21H21NO4. The molecule has 0 unspecified atom stereocenters. The lowest BCUT2D eigenvalue weighted by Gasteiger charge is -2.13. The van der Waals surface area contributed by atoms with Crippen LogP contribution in [0.4, 0.5) is 4.79 Å². The predicted molar refractivity (Wildman–Crippen MR) is 101 cm³/mol. The molecule has 1 aromatic heterocycles. The van der Waals surface area contributed by atoms with Gasteiger partial charge in [0.15, 0.2) is 0 Å². The summed E-state index contributed by atoms with van der Waals surface area (Å²) in [7, 11) is 3.21. The number of benzene rings is 2. The zero-order chi connectivity index (χ0) is 18.7. The van der Waals surface area contributed by atoms with Gasteiger partial charge in [-0.2, -0.15) is 0 Å². The number of amides is 1. The number of hydrogen-bond donors (Lipinski definition) is 0. The Morgan fingerprint density at radius 2 is 1.81 bits per heavy atom. The van der Waals surface area contributed by atoms with E-state index in [1.165, 1.54) is 4.90 Å². The molecule has 0 N–H and O–H groups in total. The molecule has 134 valence electrons. The van der Waals surface area contributed by atoms with Gasteiger partial charge in [0, 0.05) is 37.5 Å². The molecule has 5 nitrogen and oxygen atoms in total. The van der Waals surface area contributed by atoms with Crippen molar-refractivity contribution in [3.8, 4) is 5.75 Å². The van der Waals surface area contributed by atoms with E-state index >= 15 is 0 Å². The summed E-state index contributed by atoms with van der Waals surface area (Å²) < 4.78 is 10.8. The lowest BCUT2D eigenvalue weighted by Crippen LogP contribution is -2.25. The van der Waals surface area contributed by atoms with Crippen molar-refractivity contribution < 1.29 is 13.9 Å². The third kappa shape index (κ3) is 3.61. The molecule has 0 spiro atoms. The fraction of sp³-hybridized carbons (Fsp3) is 0.238. The van der Waals surface area contributed by atoms with E-state index in [4.69, 9.17) is 9.15 Å².